The van der Waals surface area contributed by atoms with E-state index in [0.717, 1.165) is 64.0 Å². The van der Waals surface area contributed by atoms with Gasteiger partial charge in [0, 0.05) is 45.1 Å². The molecule has 0 unspecified atom stereocenters. The third kappa shape index (κ3) is 4.26. The van der Waals surface area contributed by atoms with E-state index in [2.05, 4.69) is 9.88 Å². The first-order valence-electron chi connectivity index (χ1n) is 10.1. The molecular formula is C21H30N2O3. The van der Waals surface area contributed by atoms with Crippen LogP contribution in [-0.2, 0) is 20.9 Å². The van der Waals surface area contributed by atoms with Crippen molar-refractivity contribution < 1.29 is 14.3 Å². The number of ether oxygens (including phenoxy) is 2. The molecule has 1 atom stereocenters. The Kier molecular flexibility index (Phi) is 5.55. The molecule has 1 aromatic heterocycles. The van der Waals surface area contributed by atoms with Gasteiger partial charge in [-0.05, 0) is 62.0 Å². The Bertz CT molecular complexity index is 595. The fourth-order valence-corrected chi connectivity index (χ4v) is 4.48. The van der Waals surface area contributed by atoms with Crippen molar-refractivity contribution in [3.05, 3.63) is 30.1 Å². The van der Waals surface area contributed by atoms with Gasteiger partial charge in [0.1, 0.15) is 0 Å². The summed E-state index contributed by atoms with van der Waals surface area (Å²) < 4.78 is 12.1. The number of amides is 1. The zero-order valence-corrected chi connectivity index (χ0v) is 15.6. The molecule has 1 aromatic rings. The van der Waals surface area contributed by atoms with Crippen LogP contribution in [0.2, 0.25) is 0 Å². The molecule has 1 aliphatic carbocycles. The van der Waals surface area contributed by atoms with E-state index in [4.69, 9.17) is 9.47 Å². The predicted molar refractivity (Wildman–Crippen MR) is 98.5 cm³/mol. The van der Waals surface area contributed by atoms with Gasteiger partial charge in [-0.1, -0.05) is 6.07 Å². The third-order valence-electron chi connectivity index (χ3n) is 6.32. The summed E-state index contributed by atoms with van der Waals surface area (Å²) in [5.74, 6) is 1.58. The number of likely N-dealkylation sites (tertiary alicyclic amines) is 1. The molecule has 5 nitrogen and oxygen atoms in total. The molecule has 3 aliphatic rings. The van der Waals surface area contributed by atoms with Crippen LogP contribution < -0.4 is 0 Å². The van der Waals surface area contributed by atoms with E-state index in [-0.39, 0.29) is 5.60 Å². The molecule has 0 bridgehead atoms. The van der Waals surface area contributed by atoms with Crippen molar-refractivity contribution in [1.29, 1.82) is 0 Å². The van der Waals surface area contributed by atoms with E-state index in [1.807, 2.05) is 18.3 Å². The third-order valence-corrected chi connectivity index (χ3v) is 6.32. The lowest BCUT2D eigenvalue weighted by Crippen LogP contribution is -2.49. The highest BCUT2D eigenvalue weighted by molar-refractivity contribution is 5.76. The quantitative estimate of drug-likeness (QED) is 0.703. The molecule has 1 saturated carbocycles. The van der Waals surface area contributed by atoms with Crippen molar-refractivity contribution in [2.75, 3.05) is 26.3 Å². The van der Waals surface area contributed by atoms with E-state index < -0.39 is 0 Å². The SMILES string of the molecule is O=C(CC1CC1)N1CCC2(CC1)OCC[C@H]2CCOCc1cccnc1. The van der Waals surface area contributed by atoms with Gasteiger partial charge in [0.05, 0.1) is 12.2 Å². The van der Waals surface area contributed by atoms with Crippen LogP contribution in [0.3, 0.4) is 0 Å². The number of carbonyl (C=O) groups is 1. The summed E-state index contributed by atoms with van der Waals surface area (Å²) in [7, 11) is 0. The summed E-state index contributed by atoms with van der Waals surface area (Å²) in [6, 6.07) is 3.98. The molecule has 2 aliphatic heterocycles. The molecule has 2 saturated heterocycles. The van der Waals surface area contributed by atoms with Crippen LogP contribution in [0, 0.1) is 11.8 Å². The minimum atomic E-state index is -0.0198. The van der Waals surface area contributed by atoms with Gasteiger partial charge >= 0.3 is 0 Å². The Morgan fingerprint density at radius 3 is 2.88 bits per heavy atom. The van der Waals surface area contributed by atoms with Gasteiger partial charge < -0.3 is 14.4 Å². The van der Waals surface area contributed by atoms with Crippen molar-refractivity contribution in [2.45, 2.75) is 57.2 Å². The lowest BCUT2D eigenvalue weighted by molar-refractivity contribution is -0.138. The molecule has 0 aromatic carbocycles. The van der Waals surface area contributed by atoms with Gasteiger partial charge in [-0.3, -0.25) is 9.78 Å². The van der Waals surface area contributed by atoms with Crippen LogP contribution in [0.4, 0.5) is 0 Å². The molecule has 3 heterocycles. The zero-order chi connectivity index (χ0) is 17.8. The normalized spacial score (nSPS) is 24.9. The highest BCUT2D eigenvalue weighted by Gasteiger charge is 2.46. The van der Waals surface area contributed by atoms with Crippen molar-refractivity contribution >= 4 is 5.91 Å². The lowest BCUT2D eigenvalue weighted by atomic mass is 9.78. The molecule has 4 rings (SSSR count). The maximum absolute atomic E-state index is 12.3. The van der Waals surface area contributed by atoms with Gasteiger partial charge in [-0.2, -0.15) is 0 Å². The van der Waals surface area contributed by atoms with Crippen LogP contribution in [0.5, 0.6) is 0 Å². The Hall–Kier alpha value is -1.46. The topological polar surface area (TPSA) is 51.7 Å². The Morgan fingerprint density at radius 1 is 1.31 bits per heavy atom. The Morgan fingerprint density at radius 2 is 2.15 bits per heavy atom. The number of nitrogens with zero attached hydrogens (tertiary/aromatic N) is 2. The minimum Gasteiger partial charge on any atom is -0.377 e. The lowest BCUT2D eigenvalue weighted by Gasteiger charge is -2.42. The van der Waals surface area contributed by atoms with E-state index in [0.29, 0.717) is 24.3 Å². The van der Waals surface area contributed by atoms with Crippen molar-refractivity contribution in [1.82, 2.24) is 9.88 Å². The second-order valence-electron chi connectivity index (χ2n) is 8.13. The summed E-state index contributed by atoms with van der Waals surface area (Å²) in [4.78, 5) is 18.5. The molecule has 1 amide bonds. The van der Waals surface area contributed by atoms with Crippen LogP contribution in [0.25, 0.3) is 0 Å². The Labute approximate surface area is 156 Å². The zero-order valence-electron chi connectivity index (χ0n) is 15.6. The number of rotatable bonds is 7. The second-order valence-corrected chi connectivity index (χ2v) is 8.13. The van der Waals surface area contributed by atoms with Gasteiger partial charge in [-0.25, -0.2) is 0 Å². The number of aromatic nitrogens is 1. The van der Waals surface area contributed by atoms with Gasteiger partial charge in [0.15, 0.2) is 0 Å². The fourth-order valence-electron chi connectivity index (χ4n) is 4.48. The Balaban J connectivity index is 1.22. The standard InChI is InChI=1S/C21H30N2O3/c24-20(14-17-3-4-17)23-10-7-21(8-11-23)19(6-13-26-21)5-12-25-16-18-2-1-9-22-15-18/h1-2,9,15,17,19H,3-8,10-14,16H2/t19-/m1/s1. The average molecular weight is 358 g/mol. The van der Waals surface area contributed by atoms with Crippen LogP contribution in [-0.4, -0.2) is 47.7 Å². The summed E-state index contributed by atoms with van der Waals surface area (Å²) in [5, 5.41) is 0. The van der Waals surface area contributed by atoms with E-state index in [1.54, 1.807) is 6.20 Å². The van der Waals surface area contributed by atoms with Crippen LogP contribution in [0.15, 0.2) is 24.5 Å². The first-order valence-corrected chi connectivity index (χ1v) is 10.1. The summed E-state index contributed by atoms with van der Waals surface area (Å²) in [5.41, 5.74) is 1.10. The number of hydrogen-bond acceptors (Lipinski definition) is 4. The molecule has 0 N–H and O–H groups in total. The van der Waals surface area contributed by atoms with Crippen molar-refractivity contribution in [3.63, 3.8) is 0 Å². The summed E-state index contributed by atoms with van der Waals surface area (Å²) >= 11 is 0. The van der Waals surface area contributed by atoms with E-state index in [1.165, 1.54) is 12.8 Å². The number of hydrogen-bond donors (Lipinski definition) is 0. The maximum atomic E-state index is 12.3. The maximum Gasteiger partial charge on any atom is 0.222 e. The molecule has 1 spiro atoms. The largest absolute Gasteiger partial charge is 0.377 e. The molecule has 142 valence electrons. The van der Waals surface area contributed by atoms with Gasteiger partial charge in [-0.15, -0.1) is 0 Å². The fraction of sp³-hybridized carbons (Fsp3) is 0.714. The van der Waals surface area contributed by atoms with Crippen molar-refractivity contribution in [3.8, 4) is 0 Å². The first kappa shape index (κ1) is 17.9. The molecule has 5 heteroatoms. The van der Waals surface area contributed by atoms with Gasteiger partial charge in [0.25, 0.3) is 0 Å². The first-order chi connectivity index (χ1) is 12.8. The molecule has 3 fully saturated rings. The smallest absolute Gasteiger partial charge is 0.222 e. The number of carbonyl (C=O) groups excluding carboxylic acids is 1. The van der Waals surface area contributed by atoms with Crippen LogP contribution >= 0.6 is 0 Å². The highest BCUT2D eigenvalue weighted by atomic mass is 16.5. The summed E-state index contributed by atoms with van der Waals surface area (Å²) in [6.07, 6.45) is 11.0. The molecule has 26 heavy (non-hydrogen) atoms. The number of pyridine rings is 1. The minimum absolute atomic E-state index is 0.0198. The molecule has 0 radical (unpaired) electrons. The average Bonchev–Trinajstić information content (AvgIpc) is 3.41. The van der Waals surface area contributed by atoms with E-state index >= 15 is 0 Å². The van der Waals surface area contributed by atoms with E-state index in [9.17, 15) is 4.79 Å². The number of piperidine rings is 1. The predicted octanol–water partition coefficient (Wildman–Crippen LogP) is 3.19. The second kappa shape index (κ2) is 8.05. The summed E-state index contributed by atoms with van der Waals surface area (Å²) in [6.45, 7) is 3.95. The van der Waals surface area contributed by atoms with Crippen LogP contribution in [0.1, 0.15) is 50.5 Å². The van der Waals surface area contributed by atoms with Gasteiger partial charge in [0.2, 0.25) is 5.91 Å². The highest BCUT2D eigenvalue weighted by Crippen LogP contribution is 2.43. The monoisotopic (exact) mass is 358 g/mol. The molecular weight excluding hydrogens is 328 g/mol. The van der Waals surface area contributed by atoms with Crippen molar-refractivity contribution in [2.24, 2.45) is 11.8 Å².